The number of carbonyl (C=O) groups excluding carboxylic acids is 1. The number of carbonyl (C=O) groups is 1. The van der Waals surface area contributed by atoms with Crippen molar-refractivity contribution in [2.24, 2.45) is 5.92 Å². The van der Waals surface area contributed by atoms with Crippen LogP contribution in [-0.2, 0) is 4.74 Å². The van der Waals surface area contributed by atoms with E-state index >= 15 is 0 Å². The first-order chi connectivity index (χ1) is 8.24. The van der Waals surface area contributed by atoms with Crippen molar-refractivity contribution in [3.63, 3.8) is 0 Å². The molecule has 1 aliphatic heterocycles. The largest absolute Gasteiger partial charge is 0.399 e. The highest BCUT2D eigenvalue weighted by atomic mass is 16.5. The van der Waals surface area contributed by atoms with E-state index in [2.05, 4.69) is 5.10 Å². The van der Waals surface area contributed by atoms with Gasteiger partial charge in [-0.25, -0.2) is 4.68 Å². The minimum atomic E-state index is 0.0121. The standard InChI is InChI=1S/C12H13N3O2/c13-10-1-2-11-9(4-10)5-14-15(11)12(16)3-8-6-17-7-8/h1-2,4-5,8H,3,6-7,13H2. The van der Waals surface area contributed by atoms with Crippen LogP contribution in [0.3, 0.4) is 0 Å². The van der Waals surface area contributed by atoms with Crippen molar-refractivity contribution in [3.05, 3.63) is 24.4 Å². The summed E-state index contributed by atoms with van der Waals surface area (Å²) in [5.74, 6) is 0.355. The van der Waals surface area contributed by atoms with Crippen LogP contribution < -0.4 is 5.73 Å². The molecule has 0 amide bonds. The first kappa shape index (κ1) is 10.3. The van der Waals surface area contributed by atoms with Crippen LogP contribution in [0, 0.1) is 5.92 Å². The first-order valence-electron chi connectivity index (χ1n) is 5.58. The van der Waals surface area contributed by atoms with Gasteiger partial charge in [0.1, 0.15) is 0 Å². The van der Waals surface area contributed by atoms with Gasteiger partial charge in [-0.3, -0.25) is 4.79 Å². The number of ether oxygens (including phenoxy) is 1. The number of nitrogen functional groups attached to an aromatic ring is 1. The summed E-state index contributed by atoms with van der Waals surface area (Å²) in [6.45, 7) is 1.36. The molecule has 5 nitrogen and oxygen atoms in total. The number of fused-ring (bicyclic) bond motifs is 1. The lowest BCUT2D eigenvalue weighted by atomic mass is 10.0. The molecule has 0 aliphatic carbocycles. The molecular weight excluding hydrogens is 218 g/mol. The quantitative estimate of drug-likeness (QED) is 0.791. The van der Waals surface area contributed by atoms with Crippen LogP contribution in [0.4, 0.5) is 5.69 Å². The van der Waals surface area contributed by atoms with E-state index in [1.807, 2.05) is 12.1 Å². The monoisotopic (exact) mass is 231 g/mol. The Bertz CT molecular complexity index is 572. The number of rotatable bonds is 2. The Morgan fingerprint density at radius 2 is 2.35 bits per heavy atom. The minimum absolute atomic E-state index is 0.0121. The van der Waals surface area contributed by atoms with E-state index in [0.717, 1.165) is 10.9 Å². The summed E-state index contributed by atoms with van der Waals surface area (Å²) in [6.07, 6.45) is 2.15. The Morgan fingerprint density at radius 3 is 3.06 bits per heavy atom. The Labute approximate surface area is 98.2 Å². The van der Waals surface area contributed by atoms with E-state index in [1.165, 1.54) is 4.68 Å². The van der Waals surface area contributed by atoms with Crippen molar-refractivity contribution in [1.82, 2.24) is 9.78 Å². The topological polar surface area (TPSA) is 70.1 Å². The van der Waals surface area contributed by atoms with Gasteiger partial charge in [-0.2, -0.15) is 5.10 Å². The molecule has 2 aromatic rings. The Hall–Kier alpha value is -1.88. The zero-order chi connectivity index (χ0) is 11.8. The van der Waals surface area contributed by atoms with Gasteiger partial charge in [0.2, 0.25) is 5.91 Å². The number of nitrogens with two attached hydrogens (primary N) is 1. The highest BCUT2D eigenvalue weighted by Gasteiger charge is 2.23. The molecule has 2 heterocycles. The molecule has 1 fully saturated rings. The molecule has 0 saturated carbocycles. The van der Waals surface area contributed by atoms with E-state index in [9.17, 15) is 4.79 Å². The van der Waals surface area contributed by atoms with Crippen LogP contribution in [0.2, 0.25) is 0 Å². The molecule has 1 aromatic carbocycles. The van der Waals surface area contributed by atoms with E-state index in [-0.39, 0.29) is 5.91 Å². The fraction of sp³-hybridized carbons (Fsp3) is 0.333. The Morgan fingerprint density at radius 1 is 1.53 bits per heavy atom. The van der Waals surface area contributed by atoms with Crippen LogP contribution in [0.5, 0.6) is 0 Å². The van der Waals surface area contributed by atoms with Crippen molar-refractivity contribution in [2.45, 2.75) is 6.42 Å². The van der Waals surface area contributed by atoms with Crippen LogP contribution in [0.25, 0.3) is 10.9 Å². The second-order valence-electron chi connectivity index (χ2n) is 4.38. The summed E-state index contributed by atoms with van der Waals surface area (Å²) in [5.41, 5.74) is 7.17. The minimum Gasteiger partial charge on any atom is -0.399 e. The third kappa shape index (κ3) is 1.78. The zero-order valence-electron chi connectivity index (χ0n) is 9.30. The highest BCUT2D eigenvalue weighted by molar-refractivity contribution is 5.92. The molecule has 88 valence electrons. The van der Waals surface area contributed by atoms with E-state index in [1.54, 1.807) is 12.3 Å². The van der Waals surface area contributed by atoms with Gasteiger partial charge >= 0.3 is 0 Å². The second-order valence-corrected chi connectivity index (χ2v) is 4.38. The maximum absolute atomic E-state index is 12.0. The number of hydrogen-bond donors (Lipinski definition) is 1. The molecular formula is C12H13N3O2. The second kappa shape index (κ2) is 3.85. The van der Waals surface area contributed by atoms with E-state index in [0.29, 0.717) is 31.2 Å². The summed E-state index contributed by atoms with van der Waals surface area (Å²) < 4.78 is 6.51. The normalized spacial score (nSPS) is 16.0. The third-order valence-corrected chi connectivity index (χ3v) is 3.00. The van der Waals surface area contributed by atoms with Gasteiger partial charge in [-0.05, 0) is 18.2 Å². The molecule has 0 radical (unpaired) electrons. The predicted octanol–water partition coefficient (Wildman–Crippen LogP) is 1.30. The summed E-state index contributed by atoms with van der Waals surface area (Å²) in [7, 11) is 0. The van der Waals surface area contributed by atoms with Gasteiger partial charge in [0, 0.05) is 23.4 Å². The maximum atomic E-state index is 12.0. The molecule has 0 bridgehead atoms. The fourth-order valence-corrected chi connectivity index (χ4v) is 1.99. The SMILES string of the molecule is Nc1ccc2c(cnn2C(=O)CC2COC2)c1. The van der Waals surface area contributed by atoms with Crippen molar-refractivity contribution >= 4 is 22.5 Å². The summed E-state index contributed by atoms with van der Waals surface area (Å²) in [5, 5.41) is 5.01. The van der Waals surface area contributed by atoms with Gasteiger partial charge in [0.25, 0.3) is 0 Å². The molecule has 0 atom stereocenters. The molecule has 1 aliphatic rings. The molecule has 2 N–H and O–H groups in total. The number of nitrogens with zero attached hydrogens (tertiary/aromatic N) is 2. The van der Waals surface area contributed by atoms with Gasteiger partial charge in [0.05, 0.1) is 24.9 Å². The molecule has 1 aromatic heterocycles. The average Bonchev–Trinajstić information content (AvgIpc) is 2.66. The third-order valence-electron chi connectivity index (χ3n) is 3.00. The summed E-state index contributed by atoms with van der Waals surface area (Å²) >= 11 is 0. The molecule has 1 saturated heterocycles. The number of anilines is 1. The first-order valence-corrected chi connectivity index (χ1v) is 5.58. The van der Waals surface area contributed by atoms with E-state index in [4.69, 9.17) is 10.5 Å². The lowest BCUT2D eigenvalue weighted by Crippen LogP contribution is -2.31. The van der Waals surface area contributed by atoms with Crippen molar-refractivity contribution in [2.75, 3.05) is 18.9 Å². The van der Waals surface area contributed by atoms with Gasteiger partial charge in [-0.15, -0.1) is 0 Å². The molecule has 5 heteroatoms. The Kier molecular flexibility index (Phi) is 2.33. The van der Waals surface area contributed by atoms with Crippen LogP contribution in [0.15, 0.2) is 24.4 Å². The lowest BCUT2D eigenvalue weighted by Gasteiger charge is -2.24. The lowest BCUT2D eigenvalue weighted by molar-refractivity contribution is -0.0333. The highest BCUT2D eigenvalue weighted by Crippen LogP contribution is 2.20. The average molecular weight is 231 g/mol. The fourth-order valence-electron chi connectivity index (χ4n) is 1.99. The number of aromatic nitrogens is 2. The number of hydrogen-bond acceptors (Lipinski definition) is 4. The predicted molar refractivity (Wildman–Crippen MR) is 63.7 cm³/mol. The van der Waals surface area contributed by atoms with Crippen LogP contribution >= 0.6 is 0 Å². The maximum Gasteiger partial charge on any atom is 0.247 e. The van der Waals surface area contributed by atoms with Crippen molar-refractivity contribution < 1.29 is 9.53 Å². The van der Waals surface area contributed by atoms with Gasteiger partial charge in [-0.1, -0.05) is 0 Å². The van der Waals surface area contributed by atoms with Crippen molar-refractivity contribution in [1.29, 1.82) is 0 Å². The van der Waals surface area contributed by atoms with Crippen LogP contribution in [-0.4, -0.2) is 28.9 Å². The van der Waals surface area contributed by atoms with Gasteiger partial charge < -0.3 is 10.5 Å². The number of benzene rings is 1. The summed E-state index contributed by atoms with van der Waals surface area (Å²) in [4.78, 5) is 12.0. The zero-order valence-corrected chi connectivity index (χ0v) is 9.30. The smallest absolute Gasteiger partial charge is 0.247 e. The summed E-state index contributed by atoms with van der Waals surface area (Å²) in [6, 6.07) is 5.42. The molecule has 3 rings (SSSR count). The molecule has 0 unspecified atom stereocenters. The molecule has 17 heavy (non-hydrogen) atoms. The Balaban J connectivity index is 1.91. The van der Waals surface area contributed by atoms with Crippen molar-refractivity contribution in [3.8, 4) is 0 Å². The van der Waals surface area contributed by atoms with Crippen LogP contribution in [0.1, 0.15) is 11.2 Å². The molecule has 0 spiro atoms. The van der Waals surface area contributed by atoms with E-state index < -0.39 is 0 Å². The van der Waals surface area contributed by atoms with Gasteiger partial charge in [0.15, 0.2) is 0 Å².